The highest BCUT2D eigenvalue weighted by Gasteiger charge is 2.41. The number of rotatable bonds is 1. The monoisotopic (exact) mass is 189 g/mol. The summed E-state index contributed by atoms with van der Waals surface area (Å²) >= 11 is 0. The fourth-order valence-electron chi connectivity index (χ4n) is 1.88. The van der Waals surface area contributed by atoms with Gasteiger partial charge in [0, 0.05) is 5.54 Å². The highest BCUT2D eigenvalue weighted by molar-refractivity contribution is 5.79. The van der Waals surface area contributed by atoms with Crippen LogP contribution in [-0.4, -0.2) is 9.97 Å². The predicted molar refractivity (Wildman–Crippen MR) is 54.0 cm³/mol. The van der Waals surface area contributed by atoms with Gasteiger partial charge in [0.05, 0.1) is 11.0 Å². The second-order valence-electron chi connectivity index (χ2n) is 3.96. The number of para-hydroxylation sites is 1. The summed E-state index contributed by atoms with van der Waals surface area (Å²) < 4.78 is 0. The van der Waals surface area contributed by atoms with Gasteiger partial charge in [-0.15, -0.1) is 0 Å². The van der Waals surface area contributed by atoms with Crippen molar-refractivity contribution in [2.75, 3.05) is 0 Å². The normalized spacial score (nSPS) is 18.6. The van der Waals surface area contributed by atoms with E-state index in [0.717, 1.165) is 29.4 Å². The summed E-state index contributed by atoms with van der Waals surface area (Å²) in [6.45, 7) is 0. The second-order valence-corrected chi connectivity index (χ2v) is 3.96. The Bertz CT molecular complexity index is 548. The number of nitrogens with two attached hydrogens (primary N) is 1. The van der Waals surface area contributed by atoms with Crippen LogP contribution >= 0.6 is 0 Å². The van der Waals surface area contributed by atoms with E-state index in [4.69, 9.17) is 5.73 Å². The third kappa shape index (κ3) is 0.943. The second kappa shape index (κ2) is 2.27. The van der Waals surface area contributed by atoms with E-state index in [9.17, 15) is 4.79 Å². The van der Waals surface area contributed by atoms with Crippen molar-refractivity contribution < 1.29 is 0 Å². The Hall–Kier alpha value is -1.55. The summed E-state index contributed by atoms with van der Waals surface area (Å²) in [5.41, 5.74) is 8.48. The van der Waals surface area contributed by atoms with Crippen LogP contribution in [0.5, 0.6) is 0 Å². The van der Waals surface area contributed by atoms with Gasteiger partial charge in [0.15, 0.2) is 0 Å². The first-order valence-corrected chi connectivity index (χ1v) is 4.69. The number of fused-ring (bicyclic) bond motifs is 1. The van der Waals surface area contributed by atoms with Crippen LogP contribution in [0.3, 0.4) is 0 Å². The van der Waals surface area contributed by atoms with Crippen molar-refractivity contribution in [2.45, 2.75) is 18.4 Å². The Kier molecular flexibility index (Phi) is 1.27. The van der Waals surface area contributed by atoms with Crippen molar-refractivity contribution in [2.24, 2.45) is 5.73 Å². The van der Waals surface area contributed by atoms with Crippen molar-refractivity contribution in [3.8, 4) is 0 Å². The average molecular weight is 189 g/mol. The maximum absolute atomic E-state index is 11.1. The number of aromatic nitrogens is 2. The van der Waals surface area contributed by atoms with Gasteiger partial charge in [-0.1, -0.05) is 12.1 Å². The predicted octanol–water partition coefficient (Wildman–Crippen LogP) is 0.804. The summed E-state index contributed by atoms with van der Waals surface area (Å²) in [6.07, 6.45) is 2.00. The van der Waals surface area contributed by atoms with Crippen LogP contribution in [0.2, 0.25) is 0 Å². The molecular formula is C10H11N3O. The van der Waals surface area contributed by atoms with Gasteiger partial charge in [0.2, 0.25) is 0 Å². The van der Waals surface area contributed by atoms with Crippen molar-refractivity contribution in [1.82, 2.24) is 9.97 Å². The summed E-state index contributed by atoms with van der Waals surface area (Å²) in [5, 5.41) is 0. The number of hydrogen-bond donors (Lipinski definition) is 3. The number of aromatic amines is 2. The molecule has 2 aromatic rings. The molecule has 0 bridgehead atoms. The molecule has 1 aliphatic rings. The molecule has 4 nitrogen and oxygen atoms in total. The highest BCUT2D eigenvalue weighted by atomic mass is 16.1. The van der Waals surface area contributed by atoms with Crippen molar-refractivity contribution >= 4 is 11.0 Å². The Balaban J connectivity index is 2.38. The molecule has 0 amide bonds. The largest absolute Gasteiger partial charge is 0.323 e. The zero-order chi connectivity index (χ0) is 9.76. The van der Waals surface area contributed by atoms with Crippen LogP contribution in [0.1, 0.15) is 18.4 Å². The van der Waals surface area contributed by atoms with Gasteiger partial charge in [0.1, 0.15) is 0 Å². The lowest BCUT2D eigenvalue weighted by molar-refractivity contribution is 0.746. The number of benzene rings is 1. The van der Waals surface area contributed by atoms with Gasteiger partial charge >= 0.3 is 5.69 Å². The zero-order valence-electron chi connectivity index (χ0n) is 7.63. The molecule has 0 unspecified atom stereocenters. The van der Waals surface area contributed by atoms with Crippen LogP contribution in [0.15, 0.2) is 23.0 Å². The van der Waals surface area contributed by atoms with Crippen LogP contribution in [0.4, 0.5) is 0 Å². The first kappa shape index (κ1) is 7.82. The van der Waals surface area contributed by atoms with E-state index in [0.29, 0.717) is 0 Å². The number of imidazole rings is 1. The molecule has 1 aliphatic carbocycles. The topological polar surface area (TPSA) is 74.7 Å². The Morgan fingerprint density at radius 3 is 2.79 bits per heavy atom. The van der Waals surface area contributed by atoms with E-state index in [1.165, 1.54) is 0 Å². The molecule has 0 radical (unpaired) electrons. The summed E-state index contributed by atoms with van der Waals surface area (Å²) in [7, 11) is 0. The third-order valence-electron chi connectivity index (χ3n) is 2.88. The molecule has 1 saturated carbocycles. The Morgan fingerprint density at radius 1 is 1.29 bits per heavy atom. The van der Waals surface area contributed by atoms with E-state index in [1.807, 2.05) is 18.2 Å². The van der Waals surface area contributed by atoms with Crippen LogP contribution in [0.25, 0.3) is 11.0 Å². The van der Waals surface area contributed by atoms with E-state index >= 15 is 0 Å². The molecule has 0 saturated heterocycles. The minimum Gasteiger partial charge on any atom is -0.321 e. The molecule has 1 aromatic carbocycles. The average Bonchev–Trinajstić information content (AvgIpc) is 2.78. The van der Waals surface area contributed by atoms with Crippen LogP contribution in [0, 0.1) is 0 Å². The van der Waals surface area contributed by atoms with E-state index in [1.54, 1.807) is 0 Å². The van der Waals surface area contributed by atoms with E-state index in [-0.39, 0.29) is 11.2 Å². The molecule has 72 valence electrons. The molecule has 4 heteroatoms. The highest BCUT2D eigenvalue weighted by Crippen LogP contribution is 2.44. The van der Waals surface area contributed by atoms with Gasteiger partial charge in [-0.2, -0.15) is 0 Å². The molecule has 1 fully saturated rings. The van der Waals surface area contributed by atoms with Gasteiger partial charge in [-0.3, -0.25) is 0 Å². The quantitative estimate of drug-likeness (QED) is 0.620. The zero-order valence-corrected chi connectivity index (χ0v) is 7.63. The first-order valence-electron chi connectivity index (χ1n) is 4.69. The van der Waals surface area contributed by atoms with Gasteiger partial charge < -0.3 is 15.7 Å². The first-order chi connectivity index (χ1) is 6.69. The lowest BCUT2D eigenvalue weighted by Gasteiger charge is -2.09. The lowest BCUT2D eigenvalue weighted by Crippen LogP contribution is -2.19. The Morgan fingerprint density at radius 2 is 2.07 bits per heavy atom. The summed E-state index contributed by atoms with van der Waals surface area (Å²) in [6, 6.07) is 5.79. The van der Waals surface area contributed by atoms with Gasteiger partial charge in [-0.25, -0.2) is 4.79 Å². The van der Waals surface area contributed by atoms with Crippen LogP contribution < -0.4 is 11.4 Å². The standard InChI is InChI=1S/C10H11N3O/c11-10(4-5-10)6-2-1-3-7-8(6)13-9(14)12-7/h1-3H,4-5,11H2,(H2,12,13,14). The molecule has 1 heterocycles. The minimum absolute atomic E-state index is 0.170. The maximum atomic E-state index is 11.1. The molecule has 4 N–H and O–H groups in total. The molecule has 1 aromatic heterocycles. The van der Waals surface area contributed by atoms with Crippen molar-refractivity contribution in [1.29, 1.82) is 0 Å². The molecule has 0 aliphatic heterocycles. The summed E-state index contributed by atoms with van der Waals surface area (Å²) in [5.74, 6) is 0. The van der Waals surface area contributed by atoms with Gasteiger partial charge in [0.25, 0.3) is 0 Å². The van der Waals surface area contributed by atoms with Crippen molar-refractivity contribution in [3.05, 3.63) is 34.2 Å². The molecule has 3 rings (SSSR count). The lowest BCUT2D eigenvalue weighted by atomic mass is 10.0. The smallest absolute Gasteiger partial charge is 0.321 e. The summed E-state index contributed by atoms with van der Waals surface area (Å²) in [4.78, 5) is 16.7. The third-order valence-corrected chi connectivity index (χ3v) is 2.88. The maximum Gasteiger partial charge on any atom is 0.323 e. The SMILES string of the molecule is NC1(c2cccc3[nH]c(=O)[nH]c23)CC1. The van der Waals surface area contributed by atoms with Crippen molar-refractivity contribution in [3.63, 3.8) is 0 Å². The van der Waals surface area contributed by atoms with Crippen LogP contribution in [-0.2, 0) is 5.54 Å². The minimum atomic E-state index is -0.204. The van der Waals surface area contributed by atoms with E-state index in [2.05, 4.69) is 9.97 Å². The van der Waals surface area contributed by atoms with E-state index < -0.39 is 0 Å². The molecule has 0 atom stereocenters. The molecular weight excluding hydrogens is 178 g/mol. The Labute approximate surface area is 80.1 Å². The number of H-pyrrole nitrogens is 2. The molecule has 0 spiro atoms. The molecule has 14 heavy (non-hydrogen) atoms. The van der Waals surface area contributed by atoms with Gasteiger partial charge in [-0.05, 0) is 24.5 Å². The fourth-order valence-corrected chi connectivity index (χ4v) is 1.88. The fraction of sp³-hybridized carbons (Fsp3) is 0.300. The number of hydrogen-bond acceptors (Lipinski definition) is 2. The number of nitrogens with one attached hydrogen (secondary N) is 2.